The van der Waals surface area contributed by atoms with Gasteiger partial charge < -0.3 is 10.7 Å². The van der Waals surface area contributed by atoms with Crippen LogP contribution in [0.4, 0.5) is 5.69 Å². The highest BCUT2D eigenvalue weighted by molar-refractivity contribution is 5.98. The van der Waals surface area contributed by atoms with Gasteiger partial charge in [0.05, 0.1) is 11.3 Å². The first-order valence-corrected chi connectivity index (χ1v) is 3.14. The maximum Gasteiger partial charge on any atom is 0.268 e. The second-order valence-electron chi connectivity index (χ2n) is 2.14. The van der Waals surface area contributed by atoms with Gasteiger partial charge in [0.25, 0.3) is 5.91 Å². The third-order valence-electron chi connectivity index (χ3n) is 1.33. The number of carbonyl (C=O) groups excluding carboxylic acids is 1. The monoisotopic (exact) mass is 168 g/mol. The van der Waals surface area contributed by atoms with Crippen molar-refractivity contribution in [3.8, 4) is 0 Å². The SMILES string of the molecule is NNC(=O)c1c[nH]c(=O)cc1N. The van der Waals surface area contributed by atoms with Crippen LogP contribution in [0.1, 0.15) is 10.4 Å². The van der Waals surface area contributed by atoms with Crippen molar-refractivity contribution in [2.24, 2.45) is 5.84 Å². The van der Waals surface area contributed by atoms with Crippen LogP contribution >= 0.6 is 0 Å². The van der Waals surface area contributed by atoms with Crippen molar-refractivity contribution >= 4 is 11.6 Å². The lowest BCUT2D eigenvalue weighted by Gasteiger charge is -2.01. The van der Waals surface area contributed by atoms with Gasteiger partial charge in [0.15, 0.2) is 0 Å². The Morgan fingerprint density at radius 1 is 1.58 bits per heavy atom. The van der Waals surface area contributed by atoms with Crippen molar-refractivity contribution in [1.29, 1.82) is 0 Å². The lowest BCUT2D eigenvalue weighted by Crippen LogP contribution is -2.31. The Morgan fingerprint density at radius 3 is 2.75 bits per heavy atom. The minimum absolute atomic E-state index is 0.0988. The van der Waals surface area contributed by atoms with Crippen LogP contribution in [0.2, 0.25) is 0 Å². The third kappa shape index (κ3) is 1.43. The van der Waals surface area contributed by atoms with E-state index in [0.29, 0.717) is 0 Å². The van der Waals surface area contributed by atoms with Crippen molar-refractivity contribution in [3.05, 3.63) is 28.2 Å². The molecule has 6 heteroatoms. The number of hydrogen-bond acceptors (Lipinski definition) is 4. The predicted octanol–water partition coefficient (Wildman–Crippen LogP) is -1.44. The Kier molecular flexibility index (Phi) is 2.11. The van der Waals surface area contributed by atoms with Crippen LogP contribution in [0.15, 0.2) is 17.1 Å². The fraction of sp³-hybridized carbons (Fsp3) is 0. The molecule has 0 saturated carbocycles. The quantitative estimate of drug-likeness (QED) is 0.233. The van der Waals surface area contributed by atoms with Gasteiger partial charge in [-0.25, -0.2) is 5.84 Å². The summed E-state index contributed by atoms with van der Waals surface area (Å²) in [5.41, 5.74) is 7.15. The summed E-state index contributed by atoms with van der Waals surface area (Å²) in [4.78, 5) is 23.9. The highest BCUT2D eigenvalue weighted by Gasteiger charge is 2.07. The third-order valence-corrected chi connectivity index (χ3v) is 1.33. The van der Waals surface area contributed by atoms with Gasteiger partial charge >= 0.3 is 0 Å². The molecule has 0 fully saturated rings. The molecule has 1 amide bonds. The first kappa shape index (κ1) is 8.28. The maximum absolute atomic E-state index is 10.9. The standard InChI is InChI=1S/C6H8N4O2/c7-4-1-5(11)9-2-3(4)6(12)10-8/h1-2H,8H2,(H,10,12)(H3,7,9,11). The van der Waals surface area contributed by atoms with Crippen molar-refractivity contribution in [1.82, 2.24) is 10.4 Å². The Hall–Kier alpha value is -1.82. The lowest BCUT2D eigenvalue weighted by molar-refractivity contribution is 0.0954. The van der Waals surface area contributed by atoms with E-state index in [1.54, 1.807) is 0 Å². The Morgan fingerprint density at radius 2 is 2.25 bits per heavy atom. The number of H-pyrrole nitrogens is 1. The summed E-state index contributed by atoms with van der Waals surface area (Å²) in [5, 5.41) is 0. The number of hydrogen-bond donors (Lipinski definition) is 4. The number of nitrogens with two attached hydrogens (primary N) is 2. The fourth-order valence-electron chi connectivity index (χ4n) is 0.762. The van der Waals surface area contributed by atoms with Gasteiger partial charge in [0.2, 0.25) is 5.56 Å². The molecule has 1 aromatic heterocycles. The van der Waals surface area contributed by atoms with E-state index in [9.17, 15) is 9.59 Å². The van der Waals surface area contributed by atoms with Crippen LogP contribution < -0.4 is 22.6 Å². The highest BCUT2D eigenvalue weighted by atomic mass is 16.2. The zero-order valence-corrected chi connectivity index (χ0v) is 6.13. The van der Waals surface area contributed by atoms with Gasteiger partial charge in [-0.1, -0.05) is 0 Å². The number of aromatic amines is 1. The van der Waals surface area contributed by atoms with Crippen LogP contribution in [0.3, 0.4) is 0 Å². The molecule has 0 aromatic carbocycles. The molecule has 0 spiro atoms. The summed E-state index contributed by atoms with van der Waals surface area (Å²) in [6.45, 7) is 0. The summed E-state index contributed by atoms with van der Waals surface area (Å²) in [6.07, 6.45) is 1.21. The second kappa shape index (κ2) is 3.05. The van der Waals surface area contributed by atoms with Gasteiger partial charge in [0, 0.05) is 12.3 Å². The van der Waals surface area contributed by atoms with Crippen LogP contribution in [-0.2, 0) is 0 Å². The van der Waals surface area contributed by atoms with Crippen LogP contribution in [-0.4, -0.2) is 10.9 Å². The maximum atomic E-state index is 10.9. The number of amides is 1. The summed E-state index contributed by atoms with van der Waals surface area (Å²) in [6, 6.07) is 1.12. The molecule has 1 rings (SSSR count). The van der Waals surface area contributed by atoms with E-state index in [1.807, 2.05) is 5.43 Å². The molecule has 64 valence electrons. The van der Waals surface area contributed by atoms with Gasteiger partial charge in [-0.05, 0) is 0 Å². The average Bonchev–Trinajstić information content (AvgIpc) is 2.03. The summed E-state index contributed by atoms with van der Waals surface area (Å²) >= 11 is 0. The zero-order chi connectivity index (χ0) is 9.14. The van der Waals surface area contributed by atoms with E-state index in [2.05, 4.69) is 4.98 Å². The minimum Gasteiger partial charge on any atom is -0.398 e. The number of aromatic nitrogens is 1. The molecule has 1 aromatic rings. The van der Waals surface area contributed by atoms with E-state index < -0.39 is 5.91 Å². The Bertz CT molecular complexity index is 357. The Balaban J connectivity index is 3.18. The molecule has 0 atom stereocenters. The van der Waals surface area contributed by atoms with Crippen LogP contribution in [0, 0.1) is 0 Å². The smallest absolute Gasteiger partial charge is 0.268 e. The molecule has 1 heterocycles. The fourth-order valence-corrected chi connectivity index (χ4v) is 0.762. The van der Waals surface area contributed by atoms with Gasteiger partial charge in [-0.15, -0.1) is 0 Å². The summed E-state index contributed by atoms with van der Waals surface area (Å²) in [5.74, 6) is 4.33. The number of nitrogen functional groups attached to an aromatic ring is 2. The first-order valence-electron chi connectivity index (χ1n) is 3.14. The molecular weight excluding hydrogens is 160 g/mol. The molecule has 12 heavy (non-hydrogen) atoms. The summed E-state index contributed by atoms with van der Waals surface area (Å²) < 4.78 is 0. The Labute approximate surface area is 67.5 Å². The van der Waals surface area contributed by atoms with Crippen molar-refractivity contribution in [2.75, 3.05) is 5.73 Å². The van der Waals surface area contributed by atoms with Gasteiger partial charge in [0.1, 0.15) is 0 Å². The molecule has 0 bridgehead atoms. The van der Waals surface area contributed by atoms with E-state index >= 15 is 0 Å². The van der Waals surface area contributed by atoms with E-state index in [4.69, 9.17) is 11.6 Å². The number of carbonyl (C=O) groups is 1. The lowest BCUT2D eigenvalue weighted by atomic mass is 10.2. The molecule has 0 radical (unpaired) electrons. The zero-order valence-electron chi connectivity index (χ0n) is 6.13. The first-order chi connectivity index (χ1) is 5.65. The number of hydrazine groups is 1. The van der Waals surface area contributed by atoms with Gasteiger partial charge in [-0.2, -0.15) is 0 Å². The number of pyridine rings is 1. The molecule has 6 N–H and O–H groups in total. The second-order valence-corrected chi connectivity index (χ2v) is 2.14. The van der Waals surface area contributed by atoms with E-state index in [0.717, 1.165) is 6.07 Å². The highest BCUT2D eigenvalue weighted by Crippen LogP contribution is 2.04. The minimum atomic E-state index is -0.538. The molecule has 0 unspecified atom stereocenters. The van der Waals surface area contributed by atoms with Crippen molar-refractivity contribution in [3.63, 3.8) is 0 Å². The van der Waals surface area contributed by atoms with Crippen molar-refractivity contribution in [2.45, 2.75) is 0 Å². The molecule has 0 aliphatic rings. The largest absolute Gasteiger partial charge is 0.398 e. The molecule has 6 nitrogen and oxygen atoms in total. The number of nitrogens with one attached hydrogen (secondary N) is 2. The topological polar surface area (TPSA) is 114 Å². The average molecular weight is 168 g/mol. The molecule has 0 aliphatic heterocycles. The normalized spacial score (nSPS) is 9.42. The van der Waals surface area contributed by atoms with Crippen molar-refractivity contribution < 1.29 is 4.79 Å². The molecule has 0 saturated heterocycles. The van der Waals surface area contributed by atoms with Crippen LogP contribution in [0.5, 0.6) is 0 Å². The van der Waals surface area contributed by atoms with E-state index in [-0.39, 0.29) is 16.8 Å². The molecular formula is C6H8N4O2. The van der Waals surface area contributed by atoms with Gasteiger partial charge in [-0.3, -0.25) is 15.0 Å². The number of anilines is 1. The predicted molar refractivity (Wildman–Crippen MR) is 43.1 cm³/mol. The van der Waals surface area contributed by atoms with Crippen LogP contribution in [0.25, 0.3) is 0 Å². The number of rotatable bonds is 1. The van der Waals surface area contributed by atoms with E-state index in [1.165, 1.54) is 6.20 Å². The molecule has 0 aliphatic carbocycles. The summed E-state index contributed by atoms with van der Waals surface area (Å²) in [7, 11) is 0.